The van der Waals surface area contributed by atoms with Gasteiger partial charge in [0.25, 0.3) is 0 Å². The van der Waals surface area contributed by atoms with Crippen molar-refractivity contribution in [1.82, 2.24) is 4.90 Å². The number of fused-ring (bicyclic) bond motifs is 3. The van der Waals surface area contributed by atoms with Gasteiger partial charge in [0.2, 0.25) is 0 Å². The molecule has 2 atom stereocenters. The number of hydrogen-bond acceptors (Lipinski definition) is 3. The molecule has 1 N–H and O–H groups in total. The van der Waals surface area contributed by atoms with Crippen LogP contribution in [-0.2, 0) is 9.53 Å². The summed E-state index contributed by atoms with van der Waals surface area (Å²) in [6.45, 7) is 4.64. The Labute approximate surface area is 164 Å². The van der Waals surface area contributed by atoms with Crippen LogP contribution >= 0.6 is 0 Å². The molecule has 0 saturated carbocycles. The zero-order chi connectivity index (χ0) is 19.8. The van der Waals surface area contributed by atoms with Gasteiger partial charge >= 0.3 is 12.1 Å². The average Bonchev–Trinajstić information content (AvgIpc) is 3.27. The highest BCUT2D eigenvalue weighted by Crippen LogP contribution is 2.44. The lowest BCUT2D eigenvalue weighted by Crippen LogP contribution is -2.44. The van der Waals surface area contributed by atoms with E-state index in [-0.39, 0.29) is 24.4 Å². The average molecular weight is 379 g/mol. The Balaban J connectivity index is 1.52. The number of amides is 1. The summed E-state index contributed by atoms with van der Waals surface area (Å²) in [7, 11) is 0. The van der Waals surface area contributed by atoms with Gasteiger partial charge in [0.15, 0.2) is 0 Å². The molecule has 2 aromatic rings. The highest BCUT2D eigenvalue weighted by atomic mass is 16.6. The van der Waals surface area contributed by atoms with Crippen LogP contribution in [0.25, 0.3) is 11.1 Å². The highest BCUT2D eigenvalue weighted by Gasteiger charge is 2.44. The van der Waals surface area contributed by atoms with E-state index >= 15 is 0 Å². The zero-order valence-corrected chi connectivity index (χ0v) is 16.2. The maximum atomic E-state index is 12.7. The number of aliphatic carboxylic acids is 1. The van der Waals surface area contributed by atoms with E-state index in [1.54, 1.807) is 0 Å². The molecular weight excluding hydrogens is 354 g/mol. The Kier molecular flexibility index (Phi) is 4.84. The second kappa shape index (κ2) is 7.30. The fraction of sp³-hybridized carbons (Fsp3) is 0.391. The monoisotopic (exact) mass is 379 g/mol. The topological polar surface area (TPSA) is 66.8 Å². The van der Waals surface area contributed by atoms with Crippen molar-refractivity contribution in [1.29, 1.82) is 0 Å². The summed E-state index contributed by atoms with van der Waals surface area (Å²) in [5, 5.41) is 9.64. The molecule has 0 aromatic heterocycles. The Morgan fingerprint density at radius 3 is 2.18 bits per heavy atom. The predicted octanol–water partition coefficient (Wildman–Crippen LogP) is 4.37. The van der Waals surface area contributed by atoms with Crippen LogP contribution in [-0.4, -0.2) is 41.3 Å². The van der Waals surface area contributed by atoms with Gasteiger partial charge in [-0.05, 0) is 40.5 Å². The van der Waals surface area contributed by atoms with Gasteiger partial charge in [-0.25, -0.2) is 9.59 Å². The van der Waals surface area contributed by atoms with Crippen molar-refractivity contribution in [3.8, 4) is 11.1 Å². The van der Waals surface area contributed by atoms with E-state index in [2.05, 4.69) is 24.3 Å². The van der Waals surface area contributed by atoms with Gasteiger partial charge in [-0.2, -0.15) is 0 Å². The van der Waals surface area contributed by atoms with Crippen LogP contribution in [0.1, 0.15) is 37.3 Å². The highest BCUT2D eigenvalue weighted by molar-refractivity contribution is 5.82. The Bertz CT molecular complexity index is 861. The lowest BCUT2D eigenvalue weighted by molar-refractivity contribution is -0.143. The molecule has 1 amide bonds. The quantitative estimate of drug-likeness (QED) is 0.857. The van der Waals surface area contributed by atoms with Crippen molar-refractivity contribution >= 4 is 12.1 Å². The number of hydrogen-bond donors (Lipinski definition) is 1. The minimum atomic E-state index is -0.954. The molecule has 0 bridgehead atoms. The third-order valence-electron chi connectivity index (χ3n) is 6.12. The predicted molar refractivity (Wildman–Crippen MR) is 106 cm³/mol. The number of carboxylic acid groups (broad SMARTS) is 1. The van der Waals surface area contributed by atoms with Gasteiger partial charge in [-0.1, -0.05) is 62.4 Å². The van der Waals surface area contributed by atoms with Crippen LogP contribution in [0.3, 0.4) is 0 Å². The molecule has 28 heavy (non-hydrogen) atoms. The zero-order valence-electron chi connectivity index (χ0n) is 16.2. The van der Waals surface area contributed by atoms with E-state index in [1.165, 1.54) is 16.0 Å². The third-order valence-corrected chi connectivity index (χ3v) is 6.12. The lowest BCUT2D eigenvalue weighted by atomic mass is 9.89. The Morgan fingerprint density at radius 1 is 1.07 bits per heavy atom. The minimum Gasteiger partial charge on any atom is -0.480 e. The summed E-state index contributed by atoms with van der Waals surface area (Å²) in [5.74, 6) is -0.821. The first kappa shape index (κ1) is 18.5. The molecule has 1 aliphatic heterocycles. The number of carboxylic acids is 1. The molecule has 4 rings (SSSR count). The number of carbonyl (C=O) groups excluding carboxylic acids is 1. The number of ether oxygens (including phenoxy) is 1. The molecule has 0 radical (unpaired) electrons. The molecule has 146 valence electrons. The van der Waals surface area contributed by atoms with Crippen LogP contribution in [0.5, 0.6) is 0 Å². The maximum Gasteiger partial charge on any atom is 0.410 e. The van der Waals surface area contributed by atoms with Crippen molar-refractivity contribution in [2.24, 2.45) is 11.8 Å². The van der Waals surface area contributed by atoms with E-state index in [0.29, 0.717) is 13.0 Å². The van der Waals surface area contributed by atoms with Gasteiger partial charge in [0.1, 0.15) is 12.6 Å². The van der Waals surface area contributed by atoms with Crippen LogP contribution < -0.4 is 0 Å². The summed E-state index contributed by atoms with van der Waals surface area (Å²) < 4.78 is 5.66. The van der Waals surface area contributed by atoms with Crippen molar-refractivity contribution in [3.63, 3.8) is 0 Å². The molecule has 2 aromatic carbocycles. The minimum absolute atomic E-state index is 0.0249. The number of benzene rings is 2. The van der Waals surface area contributed by atoms with E-state index < -0.39 is 18.1 Å². The molecule has 1 aliphatic carbocycles. The summed E-state index contributed by atoms with van der Waals surface area (Å²) in [4.78, 5) is 25.9. The van der Waals surface area contributed by atoms with E-state index in [0.717, 1.165) is 11.1 Å². The molecule has 1 saturated heterocycles. The summed E-state index contributed by atoms with van der Waals surface area (Å²) in [5.41, 5.74) is 4.63. The van der Waals surface area contributed by atoms with Crippen molar-refractivity contribution in [2.75, 3.05) is 13.2 Å². The van der Waals surface area contributed by atoms with Crippen LogP contribution in [0, 0.1) is 11.8 Å². The molecule has 5 nitrogen and oxygen atoms in total. The number of rotatable bonds is 4. The molecule has 1 fully saturated rings. The molecular formula is C23H25NO4. The van der Waals surface area contributed by atoms with Gasteiger partial charge < -0.3 is 9.84 Å². The first-order valence-electron chi connectivity index (χ1n) is 9.83. The summed E-state index contributed by atoms with van der Waals surface area (Å²) in [6, 6.07) is 15.5. The van der Waals surface area contributed by atoms with E-state index in [1.807, 2.05) is 38.1 Å². The van der Waals surface area contributed by atoms with E-state index in [4.69, 9.17) is 4.74 Å². The number of nitrogens with zero attached hydrogens (tertiary/aromatic N) is 1. The number of carbonyl (C=O) groups is 2. The van der Waals surface area contributed by atoms with Crippen LogP contribution in [0.15, 0.2) is 48.5 Å². The molecule has 0 spiro atoms. The standard InChI is InChI=1S/C23H25NO4/c1-14(2)15-11-12-24(21(15)22(25)26)23(27)28-13-20-18-9-5-3-7-16(18)17-8-4-6-10-19(17)20/h3-10,14-15,20-21H,11-13H2,1-2H3,(H,25,26)/t15-,21-/m0/s1. The van der Waals surface area contributed by atoms with Crippen molar-refractivity contribution in [3.05, 3.63) is 59.7 Å². The second-order valence-corrected chi connectivity index (χ2v) is 7.98. The smallest absolute Gasteiger partial charge is 0.410 e. The molecule has 2 aliphatic rings. The Morgan fingerprint density at radius 2 is 1.64 bits per heavy atom. The fourth-order valence-electron chi connectivity index (χ4n) is 4.71. The third kappa shape index (κ3) is 3.05. The first-order valence-corrected chi connectivity index (χ1v) is 9.83. The largest absolute Gasteiger partial charge is 0.480 e. The number of likely N-dealkylation sites (tertiary alicyclic amines) is 1. The second-order valence-electron chi connectivity index (χ2n) is 7.98. The lowest BCUT2D eigenvalue weighted by Gasteiger charge is -2.26. The van der Waals surface area contributed by atoms with Crippen molar-refractivity contribution < 1.29 is 19.4 Å². The van der Waals surface area contributed by atoms with E-state index in [9.17, 15) is 14.7 Å². The summed E-state index contributed by atoms with van der Waals surface area (Å²) >= 11 is 0. The molecule has 5 heteroatoms. The summed E-state index contributed by atoms with van der Waals surface area (Å²) in [6.07, 6.45) is 0.163. The Hall–Kier alpha value is -2.82. The van der Waals surface area contributed by atoms with Gasteiger partial charge in [-0.15, -0.1) is 0 Å². The van der Waals surface area contributed by atoms with Gasteiger partial charge in [0.05, 0.1) is 0 Å². The molecule has 1 heterocycles. The van der Waals surface area contributed by atoms with Crippen molar-refractivity contribution in [2.45, 2.75) is 32.2 Å². The van der Waals surface area contributed by atoms with Gasteiger partial charge in [0, 0.05) is 12.5 Å². The maximum absolute atomic E-state index is 12.7. The molecule has 0 unspecified atom stereocenters. The van der Waals surface area contributed by atoms with Crippen LogP contribution in [0.4, 0.5) is 4.79 Å². The normalized spacial score (nSPS) is 20.9. The van der Waals surface area contributed by atoms with Crippen LogP contribution in [0.2, 0.25) is 0 Å². The fourth-order valence-corrected chi connectivity index (χ4v) is 4.71. The SMILES string of the molecule is CC(C)[C@@H]1CCN(C(=O)OCC2c3ccccc3-c3ccccc32)[C@@H]1C(=O)O. The first-order chi connectivity index (χ1) is 13.5. The van der Waals surface area contributed by atoms with Gasteiger partial charge in [-0.3, -0.25) is 4.90 Å².